The number of benzene rings is 2. The minimum atomic E-state index is 0.164. The molecule has 168 valence electrons. The van der Waals surface area contributed by atoms with Crippen LogP contribution >= 0.6 is 0 Å². The van der Waals surface area contributed by atoms with Gasteiger partial charge in [-0.1, -0.05) is 18.2 Å². The number of aromatic amines is 1. The summed E-state index contributed by atoms with van der Waals surface area (Å²) in [4.78, 5) is 14.8. The van der Waals surface area contributed by atoms with Crippen LogP contribution in [0.5, 0.6) is 0 Å². The molecule has 0 aliphatic carbocycles. The van der Waals surface area contributed by atoms with Crippen LogP contribution < -0.4 is 5.32 Å². The third-order valence-electron chi connectivity index (χ3n) is 6.29. The molecule has 33 heavy (non-hydrogen) atoms. The summed E-state index contributed by atoms with van der Waals surface area (Å²) in [6, 6.07) is 15.8. The Balaban J connectivity index is 1.32. The van der Waals surface area contributed by atoms with Crippen LogP contribution in [0.1, 0.15) is 36.5 Å². The van der Waals surface area contributed by atoms with Crippen molar-refractivity contribution >= 4 is 17.8 Å². The average Bonchev–Trinajstić information content (AvgIpc) is 3.51. The molecule has 7 nitrogen and oxygen atoms in total. The highest BCUT2D eigenvalue weighted by atomic mass is 16.2. The minimum Gasteiger partial charge on any atom is -0.384 e. The molecule has 1 aromatic heterocycles. The molecule has 1 saturated heterocycles. The number of hydrogen-bond donors (Lipinski definition) is 3. The van der Waals surface area contributed by atoms with Gasteiger partial charge in [0.2, 0.25) is 5.91 Å². The summed E-state index contributed by atoms with van der Waals surface area (Å²) < 4.78 is 0. The Hall–Kier alpha value is -3.92. The first-order valence-electron chi connectivity index (χ1n) is 11.2. The lowest BCUT2D eigenvalue weighted by Gasteiger charge is -2.21. The van der Waals surface area contributed by atoms with E-state index in [0.717, 1.165) is 47.5 Å². The SMILES string of the molecule is CC1CC(CNc2ccc(-c3cn[nH]c3)cc2C=N)CN1C(=O)CCc1cccc(C#N)c1. The molecule has 0 saturated carbocycles. The normalized spacial score (nSPS) is 17.5. The summed E-state index contributed by atoms with van der Waals surface area (Å²) in [5, 5.41) is 27.1. The molecule has 0 spiro atoms. The van der Waals surface area contributed by atoms with Crippen LogP contribution in [0.15, 0.2) is 54.9 Å². The van der Waals surface area contributed by atoms with Gasteiger partial charge < -0.3 is 15.6 Å². The van der Waals surface area contributed by atoms with E-state index in [4.69, 9.17) is 10.7 Å². The number of anilines is 1. The van der Waals surface area contributed by atoms with Crippen LogP contribution in [-0.2, 0) is 11.2 Å². The lowest BCUT2D eigenvalue weighted by Crippen LogP contribution is -2.34. The summed E-state index contributed by atoms with van der Waals surface area (Å²) in [7, 11) is 0. The molecule has 7 heteroatoms. The number of nitrogens with zero attached hydrogens (tertiary/aromatic N) is 3. The lowest BCUT2D eigenvalue weighted by atomic mass is 10.0. The van der Waals surface area contributed by atoms with Gasteiger partial charge in [0.1, 0.15) is 0 Å². The van der Waals surface area contributed by atoms with Gasteiger partial charge >= 0.3 is 0 Å². The topological polar surface area (TPSA) is 109 Å². The molecule has 4 rings (SSSR count). The van der Waals surface area contributed by atoms with Crippen LogP contribution in [0.25, 0.3) is 11.1 Å². The molecular weight excluding hydrogens is 412 g/mol. The van der Waals surface area contributed by atoms with Crippen molar-refractivity contribution in [2.45, 2.75) is 32.2 Å². The van der Waals surface area contributed by atoms with Crippen LogP contribution in [0.2, 0.25) is 0 Å². The van der Waals surface area contributed by atoms with E-state index in [9.17, 15) is 4.79 Å². The first kappa shape index (κ1) is 22.3. The van der Waals surface area contributed by atoms with Crippen molar-refractivity contribution in [1.29, 1.82) is 10.7 Å². The van der Waals surface area contributed by atoms with E-state index in [2.05, 4.69) is 28.5 Å². The Morgan fingerprint density at radius 3 is 2.97 bits per heavy atom. The van der Waals surface area contributed by atoms with E-state index >= 15 is 0 Å². The number of aryl methyl sites for hydroxylation is 1. The van der Waals surface area contributed by atoms with Crippen LogP contribution in [0.4, 0.5) is 5.69 Å². The average molecular weight is 441 g/mol. The fraction of sp³-hybridized carbons (Fsp3) is 0.308. The van der Waals surface area contributed by atoms with Crippen molar-refractivity contribution in [3.8, 4) is 17.2 Å². The highest BCUT2D eigenvalue weighted by Gasteiger charge is 2.31. The van der Waals surface area contributed by atoms with Gasteiger partial charge in [0, 0.05) is 54.8 Å². The Bertz CT molecular complexity index is 1160. The standard InChI is InChI=1S/C26H28N6O/c1-18-9-21(17-32(18)26(33)8-5-19-3-2-4-20(10-19)12-27)14-29-25-7-6-22(11-23(25)13-28)24-15-30-31-16-24/h2-4,6-7,10-11,13,15-16,18,21,28-29H,5,8-9,14,17H2,1H3,(H,30,31). The summed E-state index contributed by atoms with van der Waals surface area (Å²) in [6.45, 7) is 3.60. The van der Waals surface area contributed by atoms with Gasteiger partial charge in [-0.3, -0.25) is 9.89 Å². The van der Waals surface area contributed by atoms with E-state index in [1.54, 1.807) is 12.3 Å². The van der Waals surface area contributed by atoms with Crippen molar-refractivity contribution in [2.24, 2.45) is 5.92 Å². The number of aromatic nitrogens is 2. The van der Waals surface area contributed by atoms with Gasteiger partial charge in [-0.25, -0.2) is 0 Å². The molecule has 3 aromatic rings. The first-order valence-corrected chi connectivity index (χ1v) is 11.2. The molecule has 2 atom stereocenters. The summed E-state index contributed by atoms with van der Waals surface area (Å²) in [6.07, 6.45) is 7.01. The van der Waals surface area contributed by atoms with Gasteiger partial charge in [-0.2, -0.15) is 10.4 Å². The molecule has 0 radical (unpaired) electrons. The number of nitrogens with one attached hydrogen (secondary N) is 3. The molecule has 2 unspecified atom stereocenters. The van der Waals surface area contributed by atoms with Crippen LogP contribution in [0, 0.1) is 22.7 Å². The molecule has 1 aliphatic rings. The molecule has 1 amide bonds. The number of carbonyl (C=O) groups is 1. The minimum absolute atomic E-state index is 0.164. The molecule has 2 aromatic carbocycles. The van der Waals surface area contributed by atoms with Crippen LogP contribution in [0.3, 0.4) is 0 Å². The van der Waals surface area contributed by atoms with E-state index in [1.807, 2.05) is 47.5 Å². The van der Waals surface area contributed by atoms with Gasteiger partial charge in [0.15, 0.2) is 0 Å². The smallest absolute Gasteiger partial charge is 0.223 e. The summed E-state index contributed by atoms with van der Waals surface area (Å²) in [5.74, 6) is 0.523. The Labute approximate surface area is 194 Å². The first-order chi connectivity index (χ1) is 16.1. The Morgan fingerprint density at radius 1 is 1.33 bits per heavy atom. The third-order valence-corrected chi connectivity index (χ3v) is 6.29. The van der Waals surface area contributed by atoms with Crippen LogP contribution in [-0.4, -0.2) is 46.4 Å². The second kappa shape index (κ2) is 10.1. The predicted octanol–water partition coefficient (Wildman–Crippen LogP) is 4.23. The lowest BCUT2D eigenvalue weighted by molar-refractivity contribution is -0.131. The maximum atomic E-state index is 12.9. The van der Waals surface area contributed by atoms with E-state index in [-0.39, 0.29) is 11.9 Å². The monoisotopic (exact) mass is 440 g/mol. The van der Waals surface area contributed by atoms with E-state index < -0.39 is 0 Å². The second-order valence-corrected chi connectivity index (χ2v) is 8.62. The zero-order valence-electron chi connectivity index (χ0n) is 18.7. The fourth-order valence-corrected chi connectivity index (χ4v) is 4.51. The van der Waals surface area contributed by atoms with Crippen molar-refractivity contribution in [1.82, 2.24) is 15.1 Å². The zero-order valence-corrected chi connectivity index (χ0v) is 18.7. The maximum Gasteiger partial charge on any atom is 0.223 e. The van der Waals surface area contributed by atoms with Crippen molar-refractivity contribution < 1.29 is 4.79 Å². The van der Waals surface area contributed by atoms with Crippen molar-refractivity contribution in [3.05, 3.63) is 71.5 Å². The molecule has 1 aliphatic heterocycles. The Morgan fingerprint density at radius 2 is 2.21 bits per heavy atom. The van der Waals surface area contributed by atoms with Crippen molar-refractivity contribution in [3.63, 3.8) is 0 Å². The highest BCUT2D eigenvalue weighted by molar-refractivity contribution is 5.88. The number of amides is 1. The number of rotatable bonds is 8. The molecule has 3 N–H and O–H groups in total. The Kier molecular flexibility index (Phi) is 6.84. The second-order valence-electron chi connectivity index (χ2n) is 8.62. The molecule has 0 bridgehead atoms. The zero-order chi connectivity index (χ0) is 23.2. The van der Waals surface area contributed by atoms with Crippen molar-refractivity contribution in [2.75, 3.05) is 18.4 Å². The number of H-pyrrole nitrogens is 1. The third kappa shape index (κ3) is 5.29. The predicted molar refractivity (Wildman–Crippen MR) is 129 cm³/mol. The van der Waals surface area contributed by atoms with E-state index in [1.165, 1.54) is 6.21 Å². The maximum absolute atomic E-state index is 12.9. The number of carbonyl (C=O) groups excluding carboxylic acids is 1. The van der Waals surface area contributed by atoms with Gasteiger partial charge in [0.05, 0.1) is 17.8 Å². The highest BCUT2D eigenvalue weighted by Crippen LogP contribution is 2.27. The number of hydrogen-bond acceptors (Lipinski definition) is 5. The van der Waals surface area contributed by atoms with Gasteiger partial charge in [-0.05, 0) is 61.1 Å². The van der Waals surface area contributed by atoms with E-state index in [0.29, 0.717) is 24.3 Å². The van der Waals surface area contributed by atoms with Gasteiger partial charge in [-0.15, -0.1) is 0 Å². The molecular formula is C26H28N6O. The molecule has 2 heterocycles. The van der Waals surface area contributed by atoms with Gasteiger partial charge in [0.25, 0.3) is 0 Å². The number of likely N-dealkylation sites (tertiary alicyclic amines) is 1. The molecule has 1 fully saturated rings. The summed E-state index contributed by atoms with van der Waals surface area (Å²) >= 11 is 0. The largest absolute Gasteiger partial charge is 0.384 e. The fourth-order valence-electron chi connectivity index (χ4n) is 4.51. The summed E-state index contributed by atoms with van der Waals surface area (Å²) in [5.41, 5.74) is 5.40. The quantitative estimate of drug-likeness (QED) is 0.456. The number of nitriles is 1.